The maximum atomic E-state index is 12.6. The molecule has 4 rings (SSSR count). The Morgan fingerprint density at radius 1 is 0.605 bits per heavy atom. The van der Waals surface area contributed by atoms with Gasteiger partial charge in [-0.3, -0.25) is 0 Å². The zero-order valence-electron chi connectivity index (χ0n) is 19.6. The summed E-state index contributed by atoms with van der Waals surface area (Å²) >= 11 is 34.3. The van der Waals surface area contributed by atoms with Gasteiger partial charge >= 0.3 is 12.3 Å². The SMILES string of the molecule is O=C(OCC(Cl)(Cl)Cl)OC1=C(C2=C(OC(=O)OCC(Cl)(Cl)Cl)CCc3ccccc32)c2ccccc2CC1. The summed E-state index contributed by atoms with van der Waals surface area (Å²) in [5, 5.41) is 0. The normalized spacial score (nSPS) is 15.4. The summed E-state index contributed by atoms with van der Waals surface area (Å²) in [6.45, 7) is -0.991. The second kappa shape index (κ2) is 12.2. The molecule has 0 N–H and O–H groups in total. The monoisotopic (exact) mass is 638 g/mol. The van der Waals surface area contributed by atoms with Crippen LogP contribution in [-0.2, 0) is 31.8 Å². The standard InChI is InChI=1S/C26H20Cl6O6/c27-25(28,29)13-35-23(33)37-19-11-9-15-5-1-3-7-17(15)21(19)22-18-8-4-2-6-16(18)10-12-20(22)38-24(34)36-14-26(30,31)32/h1-8H,9-14H2. The number of halogens is 6. The molecule has 6 nitrogen and oxygen atoms in total. The summed E-state index contributed by atoms with van der Waals surface area (Å²) in [6, 6.07) is 15.4. The van der Waals surface area contributed by atoms with Crippen molar-refractivity contribution >= 4 is 93.1 Å². The molecule has 0 saturated carbocycles. The van der Waals surface area contributed by atoms with Crippen molar-refractivity contribution in [2.45, 2.75) is 33.3 Å². The zero-order valence-corrected chi connectivity index (χ0v) is 24.1. The Balaban J connectivity index is 1.81. The lowest BCUT2D eigenvalue weighted by atomic mass is 9.78. The lowest BCUT2D eigenvalue weighted by molar-refractivity contribution is 0.0750. The average molecular weight is 641 g/mol. The molecule has 2 aromatic rings. The Hall–Kier alpha value is -1.80. The van der Waals surface area contributed by atoms with E-state index >= 15 is 0 Å². The third kappa shape index (κ3) is 7.65. The predicted octanol–water partition coefficient (Wildman–Crippen LogP) is 8.75. The van der Waals surface area contributed by atoms with Crippen LogP contribution in [-0.4, -0.2) is 33.1 Å². The van der Waals surface area contributed by atoms with Crippen LogP contribution < -0.4 is 0 Å². The lowest BCUT2D eigenvalue weighted by Crippen LogP contribution is -2.21. The van der Waals surface area contributed by atoms with Crippen molar-refractivity contribution in [3.8, 4) is 0 Å². The maximum absolute atomic E-state index is 12.6. The molecule has 12 heteroatoms. The third-order valence-corrected chi connectivity index (χ3v) is 6.40. The van der Waals surface area contributed by atoms with Crippen molar-refractivity contribution in [1.82, 2.24) is 0 Å². The topological polar surface area (TPSA) is 71.1 Å². The Morgan fingerprint density at radius 2 is 0.974 bits per heavy atom. The molecule has 38 heavy (non-hydrogen) atoms. The number of allylic oxidation sites excluding steroid dienone is 4. The van der Waals surface area contributed by atoms with Crippen LogP contribution >= 0.6 is 69.6 Å². The summed E-state index contributed by atoms with van der Waals surface area (Å²) < 4.78 is 17.7. The largest absolute Gasteiger partial charge is 0.513 e. The van der Waals surface area contributed by atoms with E-state index in [4.69, 9.17) is 88.6 Å². The average Bonchev–Trinajstić information content (AvgIpc) is 2.86. The molecule has 0 unspecified atom stereocenters. The van der Waals surface area contributed by atoms with Gasteiger partial charge in [0.05, 0.1) is 0 Å². The van der Waals surface area contributed by atoms with Crippen molar-refractivity contribution in [2.24, 2.45) is 0 Å². The summed E-state index contributed by atoms with van der Waals surface area (Å²) in [4.78, 5) is 25.1. The van der Waals surface area contributed by atoms with Crippen molar-refractivity contribution in [2.75, 3.05) is 13.2 Å². The molecule has 0 spiro atoms. The molecular weight excluding hydrogens is 621 g/mol. The number of carbonyl (C=O) groups excluding carboxylic acids is 2. The minimum Gasteiger partial charge on any atom is -0.429 e. The Morgan fingerprint density at radius 3 is 1.34 bits per heavy atom. The molecule has 2 aromatic carbocycles. The molecule has 0 fully saturated rings. The number of ether oxygens (including phenoxy) is 4. The van der Waals surface area contributed by atoms with Crippen LogP contribution in [0.3, 0.4) is 0 Å². The van der Waals surface area contributed by atoms with Gasteiger partial charge in [-0.25, -0.2) is 9.59 Å². The predicted molar refractivity (Wildman–Crippen MR) is 149 cm³/mol. The van der Waals surface area contributed by atoms with Gasteiger partial charge in [0, 0.05) is 24.0 Å². The number of aryl methyl sites for hydroxylation is 2. The van der Waals surface area contributed by atoms with Crippen LogP contribution in [0.4, 0.5) is 9.59 Å². The van der Waals surface area contributed by atoms with Crippen molar-refractivity contribution < 1.29 is 28.5 Å². The number of hydrogen-bond acceptors (Lipinski definition) is 6. The van der Waals surface area contributed by atoms with Gasteiger partial charge < -0.3 is 18.9 Å². The Labute approximate surface area is 249 Å². The summed E-state index contributed by atoms with van der Waals surface area (Å²) in [7, 11) is 0. The van der Waals surface area contributed by atoms with Gasteiger partial charge in [0.25, 0.3) is 0 Å². The van der Waals surface area contributed by atoms with E-state index < -0.39 is 33.1 Å². The molecule has 0 aliphatic heterocycles. The highest BCUT2D eigenvalue weighted by Crippen LogP contribution is 2.46. The van der Waals surface area contributed by atoms with Crippen molar-refractivity contribution in [1.29, 1.82) is 0 Å². The zero-order chi connectivity index (χ0) is 27.5. The molecule has 0 aromatic heterocycles. The van der Waals surface area contributed by atoms with Crippen LogP contribution in [0, 0.1) is 0 Å². The number of benzene rings is 2. The quantitative estimate of drug-likeness (QED) is 0.240. The van der Waals surface area contributed by atoms with Crippen LogP contribution in [0.1, 0.15) is 35.1 Å². The molecule has 2 aliphatic carbocycles. The van der Waals surface area contributed by atoms with Gasteiger partial charge in [-0.1, -0.05) is 118 Å². The number of rotatable bonds is 5. The van der Waals surface area contributed by atoms with Crippen LogP contribution in [0.5, 0.6) is 0 Å². The molecule has 202 valence electrons. The first-order valence-electron chi connectivity index (χ1n) is 11.4. The Bertz CT molecular complexity index is 1190. The number of carbonyl (C=O) groups is 2. The van der Waals surface area contributed by atoms with E-state index in [2.05, 4.69) is 0 Å². The number of hydrogen-bond donors (Lipinski definition) is 0. The fourth-order valence-corrected chi connectivity index (χ4v) is 4.63. The summed E-state index contributed by atoms with van der Waals surface area (Å²) in [5.74, 6) is 0.640. The van der Waals surface area contributed by atoms with E-state index in [0.29, 0.717) is 48.3 Å². The van der Waals surface area contributed by atoms with E-state index in [9.17, 15) is 9.59 Å². The van der Waals surface area contributed by atoms with Gasteiger partial charge in [0.1, 0.15) is 24.7 Å². The molecule has 0 bridgehead atoms. The summed E-state index contributed by atoms with van der Waals surface area (Å²) in [5.41, 5.74) is 4.83. The van der Waals surface area contributed by atoms with Gasteiger partial charge in [-0.05, 0) is 35.1 Å². The smallest absolute Gasteiger partial charge is 0.429 e. The lowest BCUT2D eigenvalue weighted by Gasteiger charge is -2.29. The van der Waals surface area contributed by atoms with Gasteiger partial charge in [0.2, 0.25) is 7.59 Å². The molecule has 0 saturated heterocycles. The highest BCUT2D eigenvalue weighted by molar-refractivity contribution is 6.68. The van der Waals surface area contributed by atoms with Crippen LogP contribution in [0.2, 0.25) is 0 Å². The second-order valence-electron chi connectivity index (χ2n) is 8.42. The van der Waals surface area contributed by atoms with E-state index in [-0.39, 0.29) is 0 Å². The Kier molecular flexibility index (Phi) is 9.34. The molecule has 2 aliphatic rings. The van der Waals surface area contributed by atoms with Crippen LogP contribution in [0.15, 0.2) is 60.0 Å². The molecule has 0 heterocycles. The first-order chi connectivity index (χ1) is 17.9. The highest BCUT2D eigenvalue weighted by atomic mass is 35.6. The third-order valence-electron chi connectivity index (χ3n) is 5.74. The minimum atomic E-state index is -1.80. The van der Waals surface area contributed by atoms with Crippen molar-refractivity contribution in [3.05, 3.63) is 82.3 Å². The molecular formula is C26H20Cl6O6. The molecule has 0 atom stereocenters. The number of alkyl halides is 6. The summed E-state index contributed by atoms with van der Waals surface area (Å²) in [6.07, 6.45) is -0.126. The molecule has 0 radical (unpaired) electrons. The first-order valence-corrected chi connectivity index (χ1v) is 13.6. The van der Waals surface area contributed by atoms with E-state index in [1.54, 1.807) is 0 Å². The second-order valence-corrected chi connectivity index (χ2v) is 13.5. The van der Waals surface area contributed by atoms with E-state index in [0.717, 1.165) is 22.3 Å². The fraction of sp³-hybridized carbons (Fsp3) is 0.308. The fourth-order valence-electron chi connectivity index (χ4n) is 4.31. The molecule has 0 amide bonds. The minimum absolute atomic E-state index is 0.320. The van der Waals surface area contributed by atoms with E-state index in [1.165, 1.54) is 0 Å². The highest BCUT2D eigenvalue weighted by Gasteiger charge is 2.33. The van der Waals surface area contributed by atoms with E-state index in [1.807, 2.05) is 48.5 Å². The van der Waals surface area contributed by atoms with Crippen molar-refractivity contribution in [3.63, 3.8) is 0 Å². The van der Waals surface area contributed by atoms with Gasteiger partial charge in [-0.2, -0.15) is 0 Å². The number of fused-ring (bicyclic) bond motifs is 2. The van der Waals surface area contributed by atoms with Crippen LogP contribution in [0.25, 0.3) is 11.1 Å². The van der Waals surface area contributed by atoms with Gasteiger partial charge in [0.15, 0.2) is 0 Å². The maximum Gasteiger partial charge on any atom is 0.513 e. The first kappa shape index (κ1) is 29.2. The van der Waals surface area contributed by atoms with Gasteiger partial charge in [-0.15, -0.1) is 0 Å².